The summed E-state index contributed by atoms with van der Waals surface area (Å²) in [5.41, 5.74) is 0. The van der Waals surface area contributed by atoms with Gasteiger partial charge in [0.25, 0.3) is 0 Å². The first-order valence-corrected chi connectivity index (χ1v) is 41.5. The fourth-order valence-corrected chi connectivity index (χ4v) is 11.7. The first kappa shape index (κ1) is 94.0. The third-order valence-electron chi connectivity index (χ3n) is 16.0. The van der Waals surface area contributed by atoms with E-state index >= 15 is 0 Å². The Morgan fingerprint density at radius 1 is 0.296 bits per heavy atom. The number of carbonyl (C=O) groups is 4. The predicted octanol–water partition coefficient (Wildman–Crippen LogP) is 22.0. The molecule has 0 spiro atoms. The maximum absolute atomic E-state index is 13.1. The quantitative estimate of drug-likeness (QED) is 0.0169. The monoisotopic (exact) mass is 1420 g/mol. The lowest BCUT2D eigenvalue weighted by Gasteiger charge is -2.21. The Balaban J connectivity index is 5.37. The molecule has 5 unspecified atom stereocenters. The van der Waals surface area contributed by atoms with Gasteiger partial charge in [-0.15, -0.1) is 0 Å². The number of allylic oxidation sites excluding steroid dienone is 16. The predicted molar refractivity (Wildman–Crippen MR) is 399 cm³/mol. The zero-order valence-corrected chi connectivity index (χ0v) is 63.5. The Hall–Kier alpha value is -4.02. The maximum atomic E-state index is 13.1. The fourth-order valence-electron chi connectivity index (χ4n) is 10.2. The molecule has 0 aliphatic rings. The van der Waals surface area contributed by atoms with Crippen molar-refractivity contribution in [3.63, 3.8) is 0 Å². The van der Waals surface area contributed by atoms with Gasteiger partial charge in [0.1, 0.15) is 19.3 Å². The zero-order valence-electron chi connectivity index (χ0n) is 61.7. The van der Waals surface area contributed by atoms with E-state index in [2.05, 4.69) is 113 Å². The number of carbonyl (C=O) groups excluding carboxylic acids is 4. The van der Waals surface area contributed by atoms with Crippen LogP contribution in [0.15, 0.2) is 97.2 Å². The molecule has 0 saturated carbocycles. The van der Waals surface area contributed by atoms with Crippen LogP contribution in [-0.2, 0) is 65.4 Å². The number of aliphatic hydroxyl groups excluding tert-OH is 1. The number of hydrogen-bond acceptors (Lipinski definition) is 15. The minimum atomic E-state index is -4.98. The van der Waals surface area contributed by atoms with E-state index in [0.29, 0.717) is 32.1 Å². The second kappa shape index (κ2) is 71.4. The highest BCUT2D eigenvalue weighted by molar-refractivity contribution is 7.47. The summed E-state index contributed by atoms with van der Waals surface area (Å²) in [6, 6.07) is 0. The average molecular weight is 1420 g/mol. The molecule has 0 radical (unpaired) electrons. The Labute approximate surface area is 595 Å². The van der Waals surface area contributed by atoms with Gasteiger partial charge in [-0.05, 0) is 122 Å². The number of hydrogen-bond donors (Lipinski definition) is 3. The van der Waals surface area contributed by atoms with Crippen molar-refractivity contribution in [2.45, 2.75) is 341 Å². The van der Waals surface area contributed by atoms with Crippen molar-refractivity contribution in [1.29, 1.82) is 0 Å². The second-order valence-electron chi connectivity index (χ2n) is 25.6. The van der Waals surface area contributed by atoms with Crippen LogP contribution in [0.2, 0.25) is 0 Å². The number of aliphatic hydroxyl groups is 1. The van der Waals surface area contributed by atoms with Crippen molar-refractivity contribution in [3.8, 4) is 0 Å². The van der Waals surface area contributed by atoms with Gasteiger partial charge in [0.2, 0.25) is 0 Å². The van der Waals surface area contributed by atoms with Gasteiger partial charge in [-0.1, -0.05) is 273 Å². The van der Waals surface area contributed by atoms with E-state index in [1.165, 1.54) is 96.3 Å². The first-order chi connectivity index (χ1) is 47.7. The molecule has 0 saturated heterocycles. The molecule has 0 aromatic carbocycles. The van der Waals surface area contributed by atoms with Crippen LogP contribution >= 0.6 is 15.6 Å². The van der Waals surface area contributed by atoms with Crippen molar-refractivity contribution < 1.29 is 80.2 Å². The third kappa shape index (κ3) is 70.4. The van der Waals surface area contributed by atoms with Crippen molar-refractivity contribution in [1.82, 2.24) is 0 Å². The molecule has 566 valence electrons. The van der Waals surface area contributed by atoms with Gasteiger partial charge in [-0.25, -0.2) is 9.13 Å². The molecule has 17 nitrogen and oxygen atoms in total. The molecule has 0 fully saturated rings. The summed E-state index contributed by atoms with van der Waals surface area (Å²) < 4.78 is 68.4. The molecule has 0 aliphatic carbocycles. The number of rotatable bonds is 72. The molecule has 0 rings (SSSR count). The van der Waals surface area contributed by atoms with E-state index in [1.807, 2.05) is 12.2 Å². The maximum Gasteiger partial charge on any atom is 0.472 e. The Bertz CT molecular complexity index is 2240. The molecule has 0 bridgehead atoms. The molecule has 19 heteroatoms. The molecule has 3 N–H and O–H groups in total. The Kier molecular flexibility index (Phi) is 68.4. The van der Waals surface area contributed by atoms with Gasteiger partial charge in [0, 0.05) is 25.7 Å². The van der Waals surface area contributed by atoms with Crippen LogP contribution in [0.25, 0.3) is 0 Å². The summed E-state index contributed by atoms with van der Waals surface area (Å²) in [4.78, 5) is 72.8. The summed E-state index contributed by atoms with van der Waals surface area (Å²) in [6.45, 7) is 4.65. The van der Waals surface area contributed by atoms with Crippen molar-refractivity contribution in [2.75, 3.05) is 39.6 Å². The van der Waals surface area contributed by atoms with Crippen molar-refractivity contribution in [2.24, 2.45) is 0 Å². The van der Waals surface area contributed by atoms with Crippen LogP contribution in [0.5, 0.6) is 0 Å². The normalized spacial score (nSPS) is 14.5. The van der Waals surface area contributed by atoms with Gasteiger partial charge in [0.15, 0.2) is 12.2 Å². The highest BCUT2D eigenvalue weighted by Crippen LogP contribution is 2.45. The molecule has 0 aliphatic heterocycles. The molecule has 0 heterocycles. The second-order valence-corrected chi connectivity index (χ2v) is 28.5. The topological polar surface area (TPSA) is 237 Å². The minimum absolute atomic E-state index is 0.0820. The summed E-state index contributed by atoms with van der Waals surface area (Å²) in [5, 5.41) is 10.6. The molecule has 0 amide bonds. The number of phosphoric ester groups is 2. The van der Waals surface area contributed by atoms with E-state index in [4.69, 9.17) is 37.0 Å². The zero-order chi connectivity index (χ0) is 71.8. The molecule has 0 aromatic rings. The number of phosphoric acid groups is 2. The van der Waals surface area contributed by atoms with Crippen molar-refractivity contribution >= 4 is 39.5 Å². The first-order valence-electron chi connectivity index (χ1n) is 38.5. The van der Waals surface area contributed by atoms with E-state index in [9.17, 15) is 43.2 Å². The molecule has 98 heavy (non-hydrogen) atoms. The van der Waals surface area contributed by atoms with Crippen LogP contribution in [0, 0.1) is 0 Å². The summed E-state index contributed by atoms with van der Waals surface area (Å²) >= 11 is 0. The minimum Gasteiger partial charge on any atom is -0.462 e. The largest absolute Gasteiger partial charge is 0.472 e. The highest BCUT2D eigenvalue weighted by atomic mass is 31.2. The average Bonchev–Trinajstić information content (AvgIpc) is 0.986. The fraction of sp³-hybridized carbons (Fsp3) is 0.747. The lowest BCUT2D eigenvalue weighted by atomic mass is 10.1. The Morgan fingerprint density at radius 3 is 0.888 bits per heavy atom. The highest BCUT2D eigenvalue weighted by Gasteiger charge is 2.30. The number of ether oxygens (including phenoxy) is 4. The lowest BCUT2D eigenvalue weighted by molar-refractivity contribution is -0.161. The summed E-state index contributed by atoms with van der Waals surface area (Å²) in [6.07, 6.45) is 74.0. The molecular formula is C79H138O17P2. The van der Waals surface area contributed by atoms with Crippen LogP contribution < -0.4 is 0 Å². The van der Waals surface area contributed by atoms with Crippen LogP contribution in [0.3, 0.4) is 0 Å². The summed E-state index contributed by atoms with van der Waals surface area (Å²) in [7, 11) is -9.96. The summed E-state index contributed by atoms with van der Waals surface area (Å²) in [5.74, 6) is -2.25. The lowest BCUT2D eigenvalue weighted by Crippen LogP contribution is -2.30. The van der Waals surface area contributed by atoms with E-state index in [0.717, 1.165) is 141 Å². The number of unbranched alkanes of at least 4 members (excludes halogenated alkanes) is 30. The third-order valence-corrected chi connectivity index (χ3v) is 17.9. The van der Waals surface area contributed by atoms with E-state index < -0.39 is 97.5 Å². The molecule has 0 aromatic heterocycles. The Morgan fingerprint density at radius 2 is 0.541 bits per heavy atom. The number of esters is 4. The van der Waals surface area contributed by atoms with Crippen LogP contribution in [0.4, 0.5) is 0 Å². The smallest absolute Gasteiger partial charge is 0.462 e. The van der Waals surface area contributed by atoms with Crippen LogP contribution in [-0.4, -0.2) is 96.7 Å². The van der Waals surface area contributed by atoms with Crippen molar-refractivity contribution in [3.05, 3.63) is 97.2 Å². The van der Waals surface area contributed by atoms with Gasteiger partial charge >= 0.3 is 39.5 Å². The van der Waals surface area contributed by atoms with Gasteiger partial charge < -0.3 is 33.8 Å². The van der Waals surface area contributed by atoms with Gasteiger partial charge in [0.05, 0.1) is 26.4 Å². The van der Waals surface area contributed by atoms with Crippen LogP contribution in [0.1, 0.15) is 323 Å². The van der Waals surface area contributed by atoms with E-state index in [1.54, 1.807) is 0 Å². The standard InChI is InChI=1S/C79H138O17P2/c1-5-9-13-17-21-25-29-32-35-36-39-41-45-48-52-56-60-64-77(82)89-69-74(95-78(83)65-61-57-53-49-43-28-24-20-16-12-8-4)71-93-97(85,86)91-67-73(80)68-92-98(87,88)94-72-75(96-79(84)66-62-58-54-50-46-42-38-34-31-27-23-19-15-11-7-3)70-90-76(81)63-59-55-51-47-44-40-37-33-30-26-22-18-14-10-6-2/h9,13,21-22,25-26,32-35,37-39,41,48,52,73-75,80H,5-8,10-12,14-20,23-24,27-31,36,40,42-47,49-51,53-72H2,1-4H3,(H,85,86)(H,87,88)/b13-9-,25-21-,26-22-,35-32-,37-33-,38-34-,41-39-,52-48-. The molecular weight excluding hydrogens is 1280 g/mol. The van der Waals surface area contributed by atoms with Gasteiger partial charge in [-0.2, -0.15) is 0 Å². The SMILES string of the molecule is CC/C=C\C/C=C\C/C=C\C/C=C\C/C=C\CCCC(=O)OCC(COP(=O)(O)OCC(O)COP(=O)(O)OCC(COC(=O)CCCCCCC/C=C\C/C=C\CCCCC)OC(=O)CCCCCCC/C=C\CCCCCCCC)OC(=O)CCCCCCCCCCCCC. The van der Waals surface area contributed by atoms with E-state index in [-0.39, 0.29) is 25.7 Å². The molecule has 5 atom stereocenters. The van der Waals surface area contributed by atoms with Gasteiger partial charge in [-0.3, -0.25) is 37.3 Å².